The fourth-order valence-electron chi connectivity index (χ4n) is 2.60. The van der Waals surface area contributed by atoms with Gasteiger partial charge >= 0.3 is 5.97 Å². The van der Waals surface area contributed by atoms with Crippen LogP contribution in [-0.2, 0) is 4.74 Å². The molecule has 1 fully saturated rings. The van der Waals surface area contributed by atoms with Gasteiger partial charge in [-0.2, -0.15) is 0 Å². The molecule has 0 aliphatic heterocycles. The van der Waals surface area contributed by atoms with Crippen molar-refractivity contribution >= 4 is 5.97 Å². The van der Waals surface area contributed by atoms with Crippen LogP contribution in [-0.4, -0.2) is 13.1 Å². The normalized spacial score (nSPS) is 16.6. The largest absolute Gasteiger partial charge is 0.465 e. The fourth-order valence-corrected chi connectivity index (χ4v) is 2.60. The fraction of sp³-hybridized carbons (Fsp3) is 0.500. The summed E-state index contributed by atoms with van der Waals surface area (Å²) in [5.41, 5.74) is 0.0504. The van der Waals surface area contributed by atoms with Crippen LogP contribution in [0.25, 0.3) is 0 Å². The second kappa shape index (κ2) is 5.46. The van der Waals surface area contributed by atoms with Gasteiger partial charge in [-0.15, -0.1) is 0 Å². The number of hydrogen-bond donors (Lipinski definition) is 0. The number of benzene rings is 1. The van der Waals surface area contributed by atoms with Crippen LogP contribution in [0, 0.1) is 11.6 Å². The van der Waals surface area contributed by atoms with Gasteiger partial charge in [0.05, 0.1) is 12.7 Å². The molecule has 0 aromatic heterocycles. The minimum absolute atomic E-state index is 0.0644. The number of carbonyl (C=O) groups excluding carboxylic acids is 1. The molecule has 2 rings (SSSR count). The Bertz CT molecular complexity index is 428. The molecule has 1 aromatic rings. The van der Waals surface area contributed by atoms with Crippen LogP contribution in [0.5, 0.6) is 0 Å². The first kappa shape index (κ1) is 13.0. The first-order valence-corrected chi connectivity index (χ1v) is 6.20. The predicted octanol–water partition coefficient (Wildman–Crippen LogP) is 3.80. The third-order valence-corrected chi connectivity index (χ3v) is 3.51. The van der Waals surface area contributed by atoms with Gasteiger partial charge in [0.2, 0.25) is 0 Å². The molecule has 0 heterocycles. The van der Waals surface area contributed by atoms with E-state index in [-0.39, 0.29) is 17.0 Å². The minimum atomic E-state index is -0.719. The lowest BCUT2D eigenvalue weighted by Gasteiger charge is -2.23. The molecule has 0 amide bonds. The maximum absolute atomic E-state index is 13.9. The molecule has 0 bridgehead atoms. The Morgan fingerprint density at radius 3 is 2.22 bits per heavy atom. The summed E-state index contributed by atoms with van der Waals surface area (Å²) in [6.45, 7) is 0. The lowest BCUT2D eigenvalue weighted by atomic mass is 9.83. The molecule has 0 spiro atoms. The summed E-state index contributed by atoms with van der Waals surface area (Å²) >= 11 is 0. The van der Waals surface area contributed by atoms with E-state index in [9.17, 15) is 13.6 Å². The van der Waals surface area contributed by atoms with Crippen molar-refractivity contribution in [1.29, 1.82) is 0 Å². The van der Waals surface area contributed by atoms with Crippen LogP contribution >= 0.6 is 0 Å². The molecule has 1 aromatic carbocycles. The summed E-state index contributed by atoms with van der Waals surface area (Å²) in [4.78, 5) is 11.2. The lowest BCUT2D eigenvalue weighted by molar-refractivity contribution is 0.0599. The van der Waals surface area contributed by atoms with Gasteiger partial charge in [-0.05, 0) is 30.9 Å². The Kier molecular flexibility index (Phi) is 3.94. The molecular formula is C14H16F2O2. The van der Waals surface area contributed by atoms with E-state index in [1.54, 1.807) is 0 Å². The van der Waals surface area contributed by atoms with Gasteiger partial charge in [-0.25, -0.2) is 13.6 Å². The highest BCUT2D eigenvalue weighted by Gasteiger charge is 2.24. The predicted molar refractivity (Wildman–Crippen MR) is 63.5 cm³/mol. The minimum Gasteiger partial charge on any atom is -0.465 e. The van der Waals surface area contributed by atoms with E-state index in [4.69, 9.17) is 0 Å². The highest BCUT2D eigenvalue weighted by Crippen LogP contribution is 2.35. The standard InChI is InChI=1S/C14H16F2O2/c1-18-14(17)10-7-11(15)13(12(16)8-10)9-5-3-2-4-6-9/h7-9H,2-6H2,1H3. The number of ether oxygens (including phenoxy) is 1. The van der Waals surface area contributed by atoms with Crippen molar-refractivity contribution in [2.45, 2.75) is 38.0 Å². The maximum atomic E-state index is 13.9. The zero-order chi connectivity index (χ0) is 13.1. The molecular weight excluding hydrogens is 238 g/mol. The second-order valence-corrected chi connectivity index (χ2v) is 4.68. The summed E-state index contributed by atoms with van der Waals surface area (Å²) in [5.74, 6) is -2.06. The summed E-state index contributed by atoms with van der Waals surface area (Å²) in [6.07, 6.45) is 4.75. The molecule has 0 radical (unpaired) electrons. The van der Waals surface area contributed by atoms with Crippen molar-refractivity contribution in [1.82, 2.24) is 0 Å². The van der Waals surface area contributed by atoms with Gasteiger partial charge in [-0.3, -0.25) is 0 Å². The van der Waals surface area contributed by atoms with Gasteiger partial charge in [-0.1, -0.05) is 19.3 Å². The van der Waals surface area contributed by atoms with E-state index in [0.717, 1.165) is 44.2 Å². The van der Waals surface area contributed by atoms with Crippen molar-refractivity contribution in [2.75, 3.05) is 7.11 Å². The van der Waals surface area contributed by atoms with Crippen LogP contribution in [0.1, 0.15) is 53.9 Å². The molecule has 1 aliphatic rings. The summed E-state index contributed by atoms with van der Waals surface area (Å²) in [7, 11) is 1.19. The van der Waals surface area contributed by atoms with E-state index in [0.29, 0.717) is 0 Å². The monoisotopic (exact) mass is 254 g/mol. The number of methoxy groups -OCH3 is 1. The van der Waals surface area contributed by atoms with E-state index in [1.807, 2.05) is 0 Å². The number of hydrogen-bond acceptors (Lipinski definition) is 2. The molecule has 4 heteroatoms. The van der Waals surface area contributed by atoms with Crippen LogP contribution in [0.15, 0.2) is 12.1 Å². The second-order valence-electron chi connectivity index (χ2n) is 4.68. The van der Waals surface area contributed by atoms with Crippen LogP contribution < -0.4 is 0 Å². The Hall–Kier alpha value is -1.45. The van der Waals surface area contributed by atoms with Gasteiger partial charge in [0, 0.05) is 5.56 Å². The third kappa shape index (κ3) is 2.52. The van der Waals surface area contributed by atoms with Gasteiger partial charge in [0.15, 0.2) is 0 Å². The van der Waals surface area contributed by atoms with Crippen molar-refractivity contribution in [3.63, 3.8) is 0 Å². The Morgan fingerprint density at radius 2 is 1.72 bits per heavy atom. The van der Waals surface area contributed by atoms with Crippen molar-refractivity contribution < 1.29 is 18.3 Å². The molecule has 18 heavy (non-hydrogen) atoms. The molecule has 1 saturated carbocycles. The first-order chi connectivity index (χ1) is 8.63. The molecule has 0 N–H and O–H groups in total. The van der Waals surface area contributed by atoms with Crippen molar-refractivity contribution in [3.8, 4) is 0 Å². The molecule has 98 valence electrons. The molecule has 0 unspecified atom stereocenters. The van der Waals surface area contributed by atoms with Gasteiger partial charge in [0.1, 0.15) is 11.6 Å². The van der Waals surface area contributed by atoms with E-state index in [2.05, 4.69) is 4.74 Å². The molecule has 1 aliphatic carbocycles. The molecule has 0 atom stereocenters. The Labute approximate surface area is 105 Å². The molecule has 0 saturated heterocycles. The van der Waals surface area contributed by atoms with E-state index < -0.39 is 17.6 Å². The average Bonchev–Trinajstić information content (AvgIpc) is 2.38. The number of carbonyl (C=O) groups is 1. The van der Waals surface area contributed by atoms with Gasteiger partial charge < -0.3 is 4.74 Å². The Morgan fingerprint density at radius 1 is 1.17 bits per heavy atom. The third-order valence-electron chi connectivity index (χ3n) is 3.51. The van der Waals surface area contributed by atoms with Crippen LogP contribution in [0.3, 0.4) is 0 Å². The van der Waals surface area contributed by atoms with E-state index in [1.165, 1.54) is 7.11 Å². The summed E-state index contributed by atoms with van der Waals surface area (Å²) in [6, 6.07) is 2.14. The highest BCUT2D eigenvalue weighted by atomic mass is 19.1. The zero-order valence-corrected chi connectivity index (χ0v) is 10.3. The number of esters is 1. The maximum Gasteiger partial charge on any atom is 0.338 e. The highest BCUT2D eigenvalue weighted by molar-refractivity contribution is 5.89. The average molecular weight is 254 g/mol. The van der Waals surface area contributed by atoms with Crippen LogP contribution in [0.4, 0.5) is 8.78 Å². The van der Waals surface area contributed by atoms with Crippen molar-refractivity contribution in [3.05, 3.63) is 34.9 Å². The van der Waals surface area contributed by atoms with Gasteiger partial charge in [0.25, 0.3) is 0 Å². The summed E-state index contributed by atoms with van der Waals surface area (Å²) < 4.78 is 32.3. The van der Waals surface area contributed by atoms with Crippen LogP contribution in [0.2, 0.25) is 0 Å². The first-order valence-electron chi connectivity index (χ1n) is 6.20. The zero-order valence-electron chi connectivity index (χ0n) is 10.3. The topological polar surface area (TPSA) is 26.3 Å². The Balaban J connectivity index is 2.34. The smallest absolute Gasteiger partial charge is 0.338 e. The SMILES string of the molecule is COC(=O)c1cc(F)c(C2CCCCC2)c(F)c1. The number of rotatable bonds is 2. The lowest BCUT2D eigenvalue weighted by Crippen LogP contribution is -2.11. The van der Waals surface area contributed by atoms with E-state index >= 15 is 0 Å². The summed E-state index contributed by atoms with van der Waals surface area (Å²) in [5, 5.41) is 0. The quantitative estimate of drug-likeness (QED) is 0.750. The van der Waals surface area contributed by atoms with Crippen molar-refractivity contribution in [2.24, 2.45) is 0 Å². The molecule has 2 nitrogen and oxygen atoms in total. The number of halogens is 2.